The van der Waals surface area contributed by atoms with E-state index in [0.717, 1.165) is 17.1 Å². The summed E-state index contributed by atoms with van der Waals surface area (Å²) in [5.41, 5.74) is 7.60. The van der Waals surface area contributed by atoms with Gasteiger partial charge in [-0.2, -0.15) is 0 Å². The molecule has 0 bridgehead atoms. The molecule has 0 saturated carbocycles. The Balaban J connectivity index is 1.99. The van der Waals surface area contributed by atoms with Crippen LogP contribution in [-0.4, -0.2) is 13.2 Å². The van der Waals surface area contributed by atoms with Crippen molar-refractivity contribution in [2.24, 2.45) is 5.84 Å². The van der Waals surface area contributed by atoms with E-state index in [1.54, 1.807) is 0 Å². The van der Waals surface area contributed by atoms with Crippen molar-refractivity contribution in [3.8, 4) is 11.5 Å². The van der Waals surface area contributed by atoms with E-state index in [4.69, 9.17) is 15.3 Å². The summed E-state index contributed by atoms with van der Waals surface area (Å²) in [6.45, 7) is 5.37. The molecule has 0 fully saturated rings. The van der Waals surface area contributed by atoms with Crippen LogP contribution >= 0.6 is 0 Å². The number of hydrogen-bond donors (Lipinski definition) is 2. The molecule has 2 aromatic rings. The number of aryl methyl sites for hydroxylation is 2. The SMILES string of the molecule is Cc1ccc(C(NN)c2ccc3c(c2)OCCO3)c(C)c1. The fourth-order valence-electron chi connectivity index (χ4n) is 2.75. The van der Waals surface area contributed by atoms with E-state index in [1.807, 2.05) is 18.2 Å². The lowest BCUT2D eigenvalue weighted by Crippen LogP contribution is -2.29. The molecule has 0 saturated heterocycles. The first-order valence-electron chi connectivity index (χ1n) is 7.12. The second-order valence-electron chi connectivity index (χ2n) is 5.36. The van der Waals surface area contributed by atoms with Crippen LogP contribution in [0, 0.1) is 13.8 Å². The number of rotatable bonds is 3. The van der Waals surface area contributed by atoms with E-state index < -0.39 is 0 Å². The zero-order chi connectivity index (χ0) is 14.8. The molecule has 110 valence electrons. The molecule has 1 aliphatic heterocycles. The summed E-state index contributed by atoms with van der Waals surface area (Å²) >= 11 is 0. The molecule has 1 unspecified atom stereocenters. The van der Waals surface area contributed by atoms with Gasteiger partial charge in [0.05, 0.1) is 6.04 Å². The lowest BCUT2D eigenvalue weighted by molar-refractivity contribution is 0.171. The van der Waals surface area contributed by atoms with Crippen molar-refractivity contribution in [3.63, 3.8) is 0 Å². The Bertz CT molecular complexity index is 655. The number of hydrogen-bond acceptors (Lipinski definition) is 4. The van der Waals surface area contributed by atoms with Crippen molar-refractivity contribution in [2.45, 2.75) is 19.9 Å². The smallest absolute Gasteiger partial charge is 0.161 e. The van der Waals surface area contributed by atoms with Gasteiger partial charge in [-0.05, 0) is 42.7 Å². The predicted molar refractivity (Wildman–Crippen MR) is 82.5 cm³/mol. The Morgan fingerprint density at radius 2 is 1.76 bits per heavy atom. The molecular weight excluding hydrogens is 264 g/mol. The van der Waals surface area contributed by atoms with Crippen LogP contribution in [0.4, 0.5) is 0 Å². The summed E-state index contributed by atoms with van der Waals surface area (Å²) in [7, 11) is 0. The van der Waals surface area contributed by atoms with Crippen LogP contribution in [0.25, 0.3) is 0 Å². The number of ether oxygens (including phenoxy) is 2. The average molecular weight is 284 g/mol. The molecule has 0 aromatic heterocycles. The average Bonchev–Trinajstić information content (AvgIpc) is 2.50. The van der Waals surface area contributed by atoms with Gasteiger partial charge in [0, 0.05) is 0 Å². The highest BCUT2D eigenvalue weighted by atomic mass is 16.6. The normalized spacial score (nSPS) is 14.8. The monoisotopic (exact) mass is 284 g/mol. The van der Waals surface area contributed by atoms with Gasteiger partial charge in [0.1, 0.15) is 13.2 Å². The molecule has 21 heavy (non-hydrogen) atoms. The topological polar surface area (TPSA) is 56.5 Å². The maximum atomic E-state index is 5.80. The van der Waals surface area contributed by atoms with Crippen LogP contribution in [0.1, 0.15) is 28.3 Å². The third kappa shape index (κ3) is 2.73. The van der Waals surface area contributed by atoms with E-state index >= 15 is 0 Å². The minimum absolute atomic E-state index is 0.0681. The molecular formula is C17H20N2O2. The lowest BCUT2D eigenvalue weighted by Gasteiger charge is -2.23. The van der Waals surface area contributed by atoms with Crippen molar-refractivity contribution in [2.75, 3.05) is 13.2 Å². The zero-order valence-electron chi connectivity index (χ0n) is 12.3. The van der Waals surface area contributed by atoms with E-state index in [2.05, 4.69) is 37.5 Å². The van der Waals surface area contributed by atoms with Crippen LogP contribution in [0.3, 0.4) is 0 Å². The summed E-state index contributed by atoms with van der Waals surface area (Å²) in [6, 6.07) is 12.3. The summed E-state index contributed by atoms with van der Waals surface area (Å²) in [5, 5.41) is 0. The van der Waals surface area contributed by atoms with Crippen molar-refractivity contribution in [1.29, 1.82) is 0 Å². The Morgan fingerprint density at radius 1 is 1.00 bits per heavy atom. The van der Waals surface area contributed by atoms with Gasteiger partial charge < -0.3 is 9.47 Å². The van der Waals surface area contributed by atoms with E-state index in [0.29, 0.717) is 13.2 Å². The minimum Gasteiger partial charge on any atom is -0.486 e. The zero-order valence-corrected chi connectivity index (χ0v) is 12.3. The molecule has 4 heteroatoms. The van der Waals surface area contributed by atoms with Crippen LogP contribution in [-0.2, 0) is 0 Å². The molecule has 2 aromatic carbocycles. The Morgan fingerprint density at radius 3 is 2.48 bits per heavy atom. The maximum Gasteiger partial charge on any atom is 0.161 e. The van der Waals surface area contributed by atoms with Crippen LogP contribution in [0.5, 0.6) is 11.5 Å². The number of hydrazine groups is 1. The quantitative estimate of drug-likeness (QED) is 0.672. The molecule has 4 nitrogen and oxygen atoms in total. The molecule has 0 aliphatic carbocycles. The highest BCUT2D eigenvalue weighted by molar-refractivity contribution is 5.47. The first-order valence-corrected chi connectivity index (χ1v) is 7.12. The summed E-state index contributed by atoms with van der Waals surface area (Å²) < 4.78 is 11.2. The van der Waals surface area contributed by atoms with Gasteiger partial charge in [-0.15, -0.1) is 0 Å². The second-order valence-corrected chi connectivity index (χ2v) is 5.36. The van der Waals surface area contributed by atoms with Crippen LogP contribution < -0.4 is 20.7 Å². The van der Waals surface area contributed by atoms with Gasteiger partial charge in [0.2, 0.25) is 0 Å². The molecule has 3 N–H and O–H groups in total. The minimum atomic E-state index is -0.0681. The predicted octanol–water partition coefficient (Wildman–Crippen LogP) is 2.63. The summed E-state index contributed by atoms with van der Waals surface area (Å²) in [4.78, 5) is 0. The van der Waals surface area contributed by atoms with Crippen LogP contribution in [0.2, 0.25) is 0 Å². The summed E-state index contributed by atoms with van der Waals surface area (Å²) in [6.07, 6.45) is 0. The first kappa shape index (κ1) is 13.9. The molecule has 1 aliphatic rings. The second kappa shape index (κ2) is 5.76. The Hall–Kier alpha value is -2.04. The largest absolute Gasteiger partial charge is 0.486 e. The Labute approximate surface area is 124 Å². The van der Waals surface area contributed by atoms with Crippen molar-refractivity contribution >= 4 is 0 Å². The van der Waals surface area contributed by atoms with E-state index in [9.17, 15) is 0 Å². The maximum absolute atomic E-state index is 5.80. The standard InChI is InChI=1S/C17H20N2O2/c1-11-3-5-14(12(2)9-11)17(19-18)13-4-6-15-16(10-13)21-8-7-20-15/h3-6,9-10,17,19H,7-8,18H2,1-2H3. The number of nitrogens with one attached hydrogen (secondary N) is 1. The summed E-state index contributed by atoms with van der Waals surface area (Å²) in [5.74, 6) is 7.37. The van der Waals surface area contributed by atoms with Crippen molar-refractivity contribution < 1.29 is 9.47 Å². The molecule has 1 atom stereocenters. The third-order valence-corrected chi connectivity index (χ3v) is 3.80. The third-order valence-electron chi connectivity index (χ3n) is 3.80. The first-order chi connectivity index (χ1) is 10.2. The fourth-order valence-corrected chi connectivity index (χ4v) is 2.75. The molecule has 0 spiro atoms. The van der Waals surface area contributed by atoms with Gasteiger partial charge in [-0.1, -0.05) is 29.8 Å². The molecule has 0 amide bonds. The van der Waals surface area contributed by atoms with E-state index in [1.165, 1.54) is 16.7 Å². The number of fused-ring (bicyclic) bond motifs is 1. The number of benzene rings is 2. The highest BCUT2D eigenvalue weighted by Crippen LogP contribution is 2.34. The molecule has 0 radical (unpaired) electrons. The molecule has 3 rings (SSSR count). The van der Waals surface area contributed by atoms with Gasteiger partial charge >= 0.3 is 0 Å². The van der Waals surface area contributed by atoms with Gasteiger partial charge in [-0.3, -0.25) is 5.84 Å². The van der Waals surface area contributed by atoms with Crippen molar-refractivity contribution in [1.82, 2.24) is 5.43 Å². The highest BCUT2D eigenvalue weighted by Gasteiger charge is 2.18. The fraction of sp³-hybridized carbons (Fsp3) is 0.294. The van der Waals surface area contributed by atoms with Gasteiger partial charge in [0.25, 0.3) is 0 Å². The van der Waals surface area contributed by atoms with Crippen LogP contribution in [0.15, 0.2) is 36.4 Å². The van der Waals surface area contributed by atoms with Gasteiger partial charge in [-0.25, -0.2) is 5.43 Å². The molecule has 1 heterocycles. The number of nitrogens with two attached hydrogens (primary N) is 1. The lowest BCUT2D eigenvalue weighted by atomic mass is 9.94. The van der Waals surface area contributed by atoms with Gasteiger partial charge in [0.15, 0.2) is 11.5 Å². The van der Waals surface area contributed by atoms with Crippen molar-refractivity contribution in [3.05, 3.63) is 58.7 Å². The Kier molecular flexibility index (Phi) is 3.82. The van der Waals surface area contributed by atoms with E-state index in [-0.39, 0.29) is 6.04 Å².